The summed E-state index contributed by atoms with van der Waals surface area (Å²) in [6.07, 6.45) is 0. The van der Waals surface area contributed by atoms with Crippen molar-refractivity contribution < 1.29 is 19.2 Å². The van der Waals surface area contributed by atoms with Gasteiger partial charge in [0, 0.05) is 32.0 Å². The molecular weight excluding hydrogens is 570 g/mol. The number of nitro benzene ring substituents is 1. The Morgan fingerprint density at radius 1 is 1.00 bits per heavy atom. The van der Waals surface area contributed by atoms with E-state index in [9.17, 15) is 19.7 Å². The van der Waals surface area contributed by atoms with Crippen molar-refractivity contribution in [2.75, 3.05) is 11.9 Å². The van der Waals surface area contributed by atoms with Gasteiger partial charge in [-0.15, -0.1) is 0 Å². The molecule has 0 bridgehead atoms. The Hall–Kier alpha value is -3.63. The lowest BCUT2D eigenvalue weighted by Gasteiger charge is -2.11. The number of amides is 1. The molecule has 0 saturated heterocycles. The minimum absolute atomic E-state index is 0.123. The average molecular weight is 585 g/mol. The first kappa shape index (κ1) is 23.5. The van der Waals surface area contributed by atoms with Gasteiger partial charge in [0.1, 0.15) is 0 Å². The van der Waals surface area contributed by atoms with Gasteiger partial charge in [0.25, 0.3) is 11.6 Å². The third kappa shape index (κ3) is 5.29. The van der Waals surface area contributed by atoms with Crippen molar-refractivity contribution in [1.29, 1.82) is 0 Å². The van der Waals surface area contributed by atoms with Gasteiger partial charge >= 0.3 is 5.97 Å². The highest BCUT2D eigenvalue weighted by molar-refractivity contribution is 9.10. The van der Waals surface area contributed by atoms with Gasteiger partial charge < -0.3 is 10.1 Å². The summed E-state index contributed by atoms with van der Waals surface area (Å²) in [5, 5.41) is 14.0. The van der Waals surface area contributed by atoms with E-state index in [1.165, 1.54) is 18.2 Å². The van der Waals surface area contributed by atoms with Crippen molar-refractivity contribution in [3.05, 3.63) is 97.4 Å². The molecule has 1 aromatic heterocycles. The van der Waals surface area contributed by atoms with E-state index >= 15 is 0 Å². The summed E-state index contributed by atoms with van der Waals surface area (Å²) in [5.41, 5.74) is 2.50. The van der Waals surface area contributed by atoms with E-state index in [2.05, 4.69) is 42.2 Å². The lowest BCUT2D eigenvalue weighted by molar-refractivity contribution is -0.384. The Balaban J connectivity index is 1.54. The van der Waals surface area contributed by atoms with Crippen LogP contribution in [0.3, 0.4) is 0 Å². The number of anilines is 1. The van der Waals surface area contributed by atoms with Crippen LogP contribution in [-0.2, 0) is 9.53 Å². The first-order chi connectivity index (χ1) is 16.3. The molecule has 3 aromatic carbocycles. The molecule has 4 rings (SSSR count). The number of aromatic nitrogens is 1. The number of non-ortho nitro benzene ring substituents is 1. The van der Waals surface area contributed by atoms with Crippen LogP contribution in [0.15, 0.2) is 81.7 Å². The van der Waals surface area contributed by atoms with Gasteiger partial charge in [0.15, 0.2) is 6.61 Å². The number of nitrogens with zero attached hydrogens (tertiary/aromatic N) is 2. The van der Waals surface area contributed by atoms with Gasteiger partial charge in [0.05, 0.1) is 27.4 Å². The molecular formula is C24H15Br2N3O5. The molecule has 0 spiro atoms. The molecule has 1 amide bonds. The number of pyridine rings is 1. The number of para-hydroxylation sites is 1. The van der Waals surface area contributed by atoms with Gasteiger partial charge in [-0.2, -0.15) is 0 Å². The number of nitrogens with one attached hydrogen (secondary N) is 1. The molecule has 1 N–H and O–H groups in total. The van der Waals surface area contributed by atoms with Crippen molar-refractivity contribution in [1.82, 2.24) is 4.98 Å². The van der Waals surface area contributed by atoms with E-state index in [0.29, 0.717) is 26.8 Å². The quantitative estimate of drug-likeness (QED) is 0.166. The minimum atomic E-state index is -0.673. The Bertz CT molecular complexity index is 1440. The van der Waals surface area contributed by atoms with Gasteiger partial charge in [-0.05, 0) is 46.3 Å². The van der Waals surface area contributed by atoms with Gasteiger partial charge in [0.2, 0.25) is 0 Å². The molecule has 0 atom stereocenters. The van der Waals surface area contributed by atoms with Crippen molar-refractivity contribution in [2.24, 2.45) is 0 Å². The summed E-state index contributed by atoms with van der Waals surface area (Å²) in [7, 11) is 0. The second-order valence-electron chi connectivity index (χ2n) is 7.13. The van der Waals surface area contributed by atoms with Crippen LogP contribution in [0, 0.1) is 10.1 Å². The molecule has 170 valence electrons. The van der Waals surface area contributed by atoms with E-state index < -0.39 is 23.4 Å². The van der Waals surface area contributed by atoms with Crippen molar-refractivity contribution >= 4 is 66.0 Å². The van der Waals surface area contributed by atoms with Crippen LogP contribution in [0.1, 0.15) is 10.4 Å². The van der Waals surface area contributed by atoms with Gasteiger partial charge in [-0.25, -0.2) is 9.78 Å². The van der Waals surface area contributed by atoms with E-state index in [1.54, 1.807) is 24.3 Å². The molecule has 0 fully saturated rings. The Labute approximate surface area is 210 Å². The maximum Gasteiger partial charge on any atom is 0.339 e. The smallest absolute Gasteiger partial charge is 0.339 e. The summed E-state index contributed by atoms with van der Waals surface area (Å²) in [4.78, 5) is 40.2. The van der Waals surface area contributed by atoms with Crippen LogP contribution in [0.25, 0.3) is 22.2 Å². The fourth-order valence-electron chi connectivity index (χ4n) is 3.25. The summed E-state index contributed by atoms with van der Waals surface area (Å²) >= 11 is 6.63. The summed E-state index contributed by atoms with van der Waals surface area (Å²) in [5.74, 6) is -1.26. The number of carbonyl (C=O) groups excluding carboxylic acids is 2. The third-order valence-electron chi connectivity index (χ3n) is 4.83. The second kappa shape index (κ2) is 10.1. The highest BCUT2D eigenvalue weighted by atomic mass is 79.9. The highest BCUT2D eigenvalue weighted by Gasteiger charge is 2.17. The number of benzene rings is 3. The molecule has 8 nitrogen and oxygen atoms in total. The molecule has 0 saturated carbocycles. The van der Waals surface area contributed by atoms with Crippen molar-refractivity contribution in [3.63, 3.8) is 0 Å². The first-order valence-corrected chi connectivity index (χ1v) is 11.5. The van der Waals surface area contributed by atoms with Crippen LogP contribution in [0.5, 0.6) is 0 Å². The molecule has 10 heteroatoms. The maximum atomic E-state index is 12.9. The number of hydrogen-bond donors (Lipinski definition) is 1. The topological polar surface area (TPSA) is 111 Å². The van der Waals surface area contributed by atoms with E-state index in [1.807, 2.05) is 30.3 Å². The Morgan fingerprint density at radius 2 is 1.79 bits per heavy atom. The molecule has 34 heavy (non-hydrogen) atoms. The van der Waals surface area contributed by atoms with E-state index in [4.69, 9.17) is 4.74 Å². The normalized spacial score (nSPS) is 10.6. The zero-order valence-electron chi connectivity index (χ0n) is 17.3. The number of rotatable bonds is 6. The monoisotopic (exact) mass is 583 g/mol. The molecule has 0 aliphatic heterocycles. The van der Waals surface area contributed by atoms with Crippen LogP contribution >= 0.6 is 31.9 Å². The number of hydrogen-bond acceptors (Lipinski definition) is 6. The maximum absolute atomic E-state index is 12.9. The fraction of sp³-hybridized carbons (Fsp3) is 0.0417. The standard InChI is InChI=1S/C24H15Br2N3O5/c25-15-5-3-4-14(10-15)22-12-18(17-6-1-2-7-20(17)27-22)24(31)34-13-23(30)28-21-9-8-16(29(32)33)11-19(21)26/h1-12H,13H2,(H,28,30). The molecule has 1 heterocycles. The van der Waals surface area contributed by atoms with Crippen LogP contribution in [-0.4, -0.2) is 28.4 Å². The predicted molar refractivity (Wildman–Crippen MR) is 135 cm³/mol. The largest absolute Gasteiger partial charge is 0.452 e. The number of ether oxygens (including phenoxy) is 1. The third-order valence-corrected chi connectivity index (χ3v) is 5.98. The van der Waals surface area contributed by atoms with Crippen LogP contribution in [0.4, 0.5) is 11.4 Å². The molecule has 4 aromatic rings. The first-order valence-electron chi connectivity index (χ1n) is 9.88. The Morgan fingerprint density at radius 3 is 2.53 bits per heavy atom. The molecule has 0 radical (unpaired) electrons. The molecule has 0 unspecified atom stereocenters. The van der Waals surface area contributed by atoms with Crippen molar-refractivity contribution in [2.45, 2.75) is 0 Å². The summed E-state index contributed by atoms with van der Waals surface area (Å²) in [6, 6.07) is 20.3. The predicted octanol–water partition coefficient (Wildman–Crippen LogP) is 6.13. The highest BCUT2D eigenvalue weighted by Crippen LogP contribution is 2.28. The number of fused-ring (bicyclic) bond motifs is 1. The van der Waals surface area contributed by atoms with Crippen molar-refractivity contribution in [3.8, 4) is 11.3 Å². The fourth-order valence-corrected chi connectivity index (χ4v) is 4.12. The van der Waals surface area contributed by atoms with E-state index in [0.717, 1.165) is 10.0 Å². The van der Waals surface area contributed by atoms with Gasteiger partial charge in [-0.1, -0.05) is 46.3 Å². The summed E-state index contributed by atoms with van der Waals surface area (Å²) < 4.78 is 6.48. The zero-order chi connectivity index (χ0) is 24.2. The minimum Gasteiger partial charge on any atom is -0.452 e. The molecule has 0 aliphatic carbocycles. The lowest BCUT2D eigenvalue weighted by atomic mass is 10.0. The number of esters is 1. The lowest BCUT2D eigenvalue weighted by Crippen LogP contribution is -2.21. The second-order valence-corrected chi connectivity index (χ2v) is 8.90. The number of nitro groups is 1. The zero-order valence-corrected chi connectivity index (χ0v) is 20.5. The van der Waals surface area contributed by atoms with Crippen LogP contribution < -0.4 is 5.32 Å². The van der Waals surface area contributed by atoms with E-state index in [-0.39, 0.29) is 11.3 Å². The molecule has 0 aliphatic rings. The summed E-state index contributed by atoms with van der Waals surface area (Å²) in [6.45, 7) is -0.537. The SMILES string of the molecule is O=C(COC(=O)c1cc(-c2cccc(Br)c2)nc2ccccc12)Nc1ccc([N+](=O)[O-])cc1Br. The number of carbonyl (C=O) groups is 2. The van der Waals surface area contributed by atoms with Crippen LogP contribution in [0.2, 0.25) is 0 Å². The average Bonchev–Trinajstić information content (AvgIpc) is 2.83. The Kier molecular flexibility index (Phi) is 6.99. The number of halogens is 2. The van der Waals surface area contributed by atoms with Gasteiger partial charge in [-0.3, -0.25) is 14.9 Å².